The number of rotatable bonds is 57. The average molecular weight is 1810 g/mol. The summed E-state index contributed by atoms with van der Waals surface area (Å²) in [5.74, 6) is -27.7. The molecule has 3 aromatic rings. The van der Waals surface area contributed by atoms with E-state index in [2.05, 4.69) is 89.7 Å². The number of phenols is 1. The summed E-state index contributed by atoms with van der Waals surface area (Å²) in [5, 5.41) is 127. The van der Waals surface area contributed by atoms with Crippen LogP contribution in [0.5, 0.6) is 5.75 Å². The Morgan fingerprint density at radius 3 is 1.24 bits per heavy atom. The van der Waals surface area contributed by atoms with Gasteiger partial charge < -0.3 is 147 Å². The van der Waals surface area contributed by atoms with Crippen molar-refractivity contribution in [2.75, 3.05) is 26.3 Å². The Morgan fingerprint density at radius 1 is 0.391 bits per heavy atom. The molecular formula is C78H114N20O30. The lowest BCUT2D eigenvalue weighted by Crippen LogP contribution is -2.63. The first-order chi connectivity index (χ1) is 60.0. The zero-order valence-corrected chi connectivity index (χ0v) is 71.1. The Morgan fingerprint density at radius 2 is 0.781 bits per heavy atom. The number of aromatic hydroxyl groups is 1. The van der Waals surface area contributed by atoms with E-state index in [1.165, 1.54) is 81.8 Å². The van der Waals surface area contributed by atoms with E-state index in [0.29, 0.717) is 11.3 Å². The standard InChI is InChI=1S/C78H114N20O30/c1-35(2)24-49(69(118)89-47(20-23-59(109)110)67(116)82-30-56(105)87-48(18-21-55(80)104)68(117)86-38(6)78(127)128)90-70(119)50(26-42-14-16-44(103)17-15-42)91-73(122)53(32-99)94-75(124)61(36(3)4)97-72(121)52(28-60(111)112)92-74(123)54(33-100)95-77(126)63(40(8)102)98-71(120)51(25-41-12-10-9-11-13-41)93-76(125)62(39(7)101)96-57(106)31-83-66(115)46(19-22-58(107)108)88-64(113)37(5)85-65(114)45(79)27-43-29-81-34-84-43/h9-17,29,34-40,45-54,61-63,99-103H,18-28,30-33,79H2,1-8H3,(H2,80,104)(H,81,84)(H,82,116)(H,83,115)(H,85,114)(H,86,117)(H,87,105)(H,88,113)(H,89,118)(H,90,119)(H,91,122)(H,92,123)(H,93,125)(H,94,124)(H,95,126)(H,96,106)(H,97,121)(H,98,120)(H,107,108)(H,109,110)(H,111,112)(H,127,128)/t37-,38-,39+,40+,45-,46-,47-,48-,49-,50-,51-,52-,53-,54-,61-,62-,63-/m0/s1. The number of amides is 17. The molecule has 17 amide bonds. The van der Waals surface area contributed by atoms with Crippen molar-refractivity contribution in [2.24, 2.45) is 23.3 Å². The highest BCUT2D eigenvalue weighted by atomic mass is 16.4. The molecule has 0 fully saturated rings. The summed E-state index contributed by atoms with van der Waals surface area (Å²) in [6.07, 6.45) is -6.70. The smallest absolute Gasteiger partial charge is 0.325 e. The van der Waals surface area contributed by atoms with Gasteiger partial charge in [0.1, 0.15) is 90.3 Å². The monoisotopic (exact) mass is 1810 g/mol. The molecule has 0 aliphatic heterocycles. The lowest BCUT2D eigenvalue weighted by Gasteiger charge is -2.29. The van der Waals surface area contributed by atoms with Crippen LogP contribution >= 0.6 is 0 Å². The van der Waals surface area contributed by atoms with E-state index in [4.69, 9.17) is 11.5 Å². The quantitative estimate of drug-likeness (QED) is 0.0249. The molecule has 1 aromatic heterocycles. The van der Waals surface area contributed by atoms with Crippen LogP contribution in [0.4, 0.5) is 0 Å². The number of aliphatic hydroxyl groups excluding tert-OH is 4. The molecule has 0 unspecified atom stereocenters. The maximum atomic E-state index is 14.5. The van der Waals surface area contributed by atoms with Crippen LogP contribution in [0.3, 0.4) is 0 Å². The van der Waals surface area contributed by atoms with Gasteiger partial charge in [0.25, 0.3) is 0 Å². The molecule has 50 heteroatoms. The van der Waals surface area contributed by atoms with Crippen LogP contribution in [0.1, 0.15) is 124 Å². The molecular weight excluding hydrogens is 1700 g/mol. The molecule has 0 radical (unpaired) electrons. The third kappa shape index (κ3) is 39.1. The predicted molar refractivity (Wildman–Crippen MR) is 441 cm³/mol. The number of primary amides is 1. The SMILES string of the molecule is CC(C)C[C@H](NC(=O)[C@H](Cc1ccc(O)cc1)NC(=O)[C@H](CO)NC(=O)[C@@H](NC(=O)[C@H](CC(=O)O)NC(=O)[C@H](CO)NC(=O)[C@@H](NC(=O)[C@H](Cc1ccccc1)NC(=O)[C@@H](NC(=O)CNC(=O)[C@H](CCC(=O)O)NC(=O)[C@H](C)NC(=O)[C@@H](N)Cc1c[nH]cn1)[C@@H](C)O)[C@@H](C)O)C(C)C)C(=O)N[C@@H](CCC(=O)O)C(=O)NCC(=O)N[C@@H](CCC(N)=O)C(=O)N[C@@H](C)C(=O)O. The number of aromatic amines is 1. The predicted octanol–water partition coefficient (Wildman–Crippen LogP) is -10.5. The molecule has 0 saturated heterocycles. The number of carboxylic acids is 4. The summed E-state index contributed by atoms with van der Waals surface area (Å²) in [5.41, 5.74) is 12.2. The van der Waals surface area contributed by atoms with Crippen LogP contribution in [-0.2, 0) is 120 Å². The molecule has 0 aliphatic carbocycles. The number of phenolic OH excluding ortho intramolecular Hbond substituents is 1. The molecule has 706 valence electrons. The van der Waals surface area contributed by atoms with Crippen molar-refractivity contribution in [1.82, 2.24) is 95.0 Å². The van der Waals surface area contributed by atoms with E-state index in [-0.39, 0.29) is 24.2 Å². The zero-order valence-electron chi connectivity index (χ0n) is 71.1. The molecule has 128 heavy (non-hydrogen) atoms. The minimum atomic E-state index is -2.20. The highest BCUT2D eigenvalue weighted by Crippen LogP contribution is 2.16. The van der Waals surface area contributed by atoms with Gasteiger partial charge in [0.05, 0.1) is 63.0 Å². The average Bonchev–Trinajstić information content (AvgIpc) is 1.00. The fraction of sp³-hybridized carbons (Fsp3) is 0.538. The van der Waals surface area contributed by atoms with Gasteiger partial charge in [0, 0.05) is 44.7 Å². The molecule has 0 bridgehead atoms. The molecule has 0 aliphatic rings. The van der Waals surface area contributed by atoms with Crippen LogP contribution in [0.2, 0.25) is 0 Å². The van der Waals surface area contributed by atoms with Gasteiger partial charge in [0.15, 0.2) is 0 Å². The largest absolute Gasteiger partial charge is 0.508 e. The van der Waals surface area contributed by atoms with Gasteiger partial charge in [-0.3, -0.25) is 101 Å². The van der Waals surface area contributed by atoms with E-state index in [1.54, 1.807) is 19.9 Å². The van der Waals surface area contributed by atoms with E-state index in [1.807, 2.05) is 5.32 Å². The number of carbonyl (C=O) groups excluding carboxylic acids is 17. The summed E-state index contributed by atoms with van der Waals surface area (Å²) in [6, 6.07) is -13.6. The molecule has 0 saturated carbocycles. The molecule has 0 spiro atoms. The van der Waals surface area contributed by atoms with E-state index in [9.17, 15) is 147 Å². The Labute approximate surface area is 731 Å². The fourth-order valence-electron chi connectivity index (χ4n) is 11.8. The van der Waals surface area contributed by atoms with Crippen LogP contribution in [-0.4, -0.2) is 309 Å². The Bertz CT molecular complexity index is 4370. The number of hydrogen-bond donors (Lipinski definition) is 28. The van der Waals surface area contributed by atoms with Gasteiger partial charge in [-0.1, -0.05) is 70.2 Å². The van der Waals surface area contributed by atoms with Crippen molar-refractivity contribution >= 4 is 124 Å². The number of carbonyl (C=O) groups is 21. The number of nitrogens with one attached hydrogen (secondary N) is 17. The molecule has 50 nitrogen and oxygen atoms in total. The van der Waals surface area contributed by atoms with Crippen molar-refractivity contribution in [3.05, 3.63) is 83.9 Å². The van der Waals surface area contributed by atoms with Crippen molar-refractivity contribution in [3.63, 3.8) is 0 Å². The number of nitrogens with zero attached hydrogens (tertiary/aromatic N) is 1. The molecule has 2 aromatic carbocycles. The number of aromatic nitrogens is 2. The number of H-pyrrole nitrogens is 1. The third-order valence-electron chi connectivity index (χ3n) is 18.8. The Hall–Kier alpha value is -13.9. The van der Waals surface area contributed by atoms with E-state index < -0.39 is 323 Å². The first-order valence-electron chi connectivity index (χ1n) is 40.1. The number of imidazole rings is 1. The lowest BCUT2D eigenvalue weighted by molar-refractivity contribution is -0.142. The van der Waals surface area contributed by atoms with Gasteiger partial charge in [-0.05, 0) is 88.5 Å². The summed E-state index contributed by atoms with van der Waals surface area (Å²) in [6.45, 7) is 5.77. The normalized spacial score (nSPS) is 15.1. The number of aliphatic carboxylic acids is 4. The lowest BCUT2D eigenvalue weighted by atomic mass is 10.00. The molecule has 17 atom stereocenters. The van der Waals surface area contributed by atoms with Gasteiger partial charge in [-0.2, -0.15) is 0 Å². The van der Waals surface area contributed by atoms with E-state index >= 15 is 0 Å². The van der Waals surface area contributed by atoms with Crippen LogP contribution in [0, 0.1) is 11.8 Å². The minimum Gasteiger partial charge on any atom is -0.508 e. The second kappa shape index (κ2) is 54.1. The van der Waals surface area contributed by atoms with E-state index in [0.717, 1.165) is 20.8 Å². The van der Waals surface area contributed by atoms with Crippen molar-refractivity contribution in [2.45, 2.75) is 229 Å². The van der Waals surface area contributed by atoms with Crippen LogP contribution < -0.4 is 96.5 Å². The van der Waals surface area contributed by atoms with Crippen molar-refractivity contribution < 1.29 is 147 Å². The van der Waals surface area contributed by atoms with Gasteiger partial charge in [-0.15, -0.1) is 0 Å². The zero-order chi connectivity index (χ0) is 96.5. The summed E-state index contributed by atoms with van der Waals surface area (Å²) in [7, 11) is 0. The summed E-state index contributed by atoms with van der Waals surface area (Å²) >= 11 is 0. The number of benzene rings is 2. The first kappa shape index (κ1) is 108. The maximum Gasteiger partial charge on any atom is 0.325 e. The Kier molecular flexibility index (Phi) is 45.8. The van der Waals surface area contributed by atoms with Crippen molar-refractivity contribution in [1.29, 1.82) is 0 Å². The van der Waals surface area contributed by atoms with Gasteiger partial charge in [-0.25, -0.2) is 4.98 Å². The molecule has 1 heterocycles. The highest BCUT2D eigenvalue weighted by Gasteiger charge is 2.40. The number of hydrogen-bond acceptors (Lipinski definition) is 28. The topological polar surface area (TPSA) is 814 Å². The Balaban J connectivity index is 1.83. The number of carboxylic acid groups (broad SMARTS) is 4. The highest BCUT2D eigenvalue weighted by molar-refractivity contribution is 6.02. The maximum absolute atomic E-state index is 14.5. The summed E-state index contributed by atoms with van der Waals surface area (Å²) in [4.78, 5) is 285. The number of nitrogens with two attached hydrogens (primary N) is 2. The summed E-state index contributed by atoms with van der Waals surface area (Å²) < 4.78 is 0. The van der Waals surface area contributed by atoms with Gasteiger partial charge in [0.2, 0.25) is 100 Å². The molecule has 30 N–H and O–H groups in total. The number of aliphatic hydroxyl groups is 4. The fourth-order valence-corrected chi connectivity index (χ4v) is 11.8. The van der Waals surface area contributed by atoms with Crippen molar-refractivity contribution in [3.8, 4) is 5.75 Å². The second-order valence-corrected chi connectivity index (χ2v) is 30.5. The first-order valence-corrected chi connectivity index (χ1v) is 40.1. The second-order valence-electron chi connectivity index (χ2n) is 30.5. The minimum absolute atomic E-state index is 0.0196. The van der Waals surface area contributed by atoms with Crippen LogP contribution in [0.25, 0.3) is 0 Å². The molecule has 3 rings (SSSR count). The third-order valence-corrected chi connectivity index (χ3v) is 18.8. The van der Waals surface area contributed by atoms with Crippen LogP contribution in [0.15, 0.2) is 67.1 Å². The van der Waals surface area contributed by atoms with Gasteiger partial charge >= 0.3 is 23.9 Å².